The Morgan fingerprint density at radius 1 is 1.35 bits per heavy atom. The number of alkyl halides is 3. The highest BCUT2D eigenvalue weighted by Crippen LogP contribution is 2.35. The van der Waals surface area contributed by atoms with E-state index < -0.39 is 11.9 Å². The second kappa shape index (κ2) is 4.37. The Hall–Kier alpha value is -1.55. The summed E-state index contributed by atoms with van der Waals surface area (Å²) in [6.45, 7) is 0.992. The van der Waals surface area contributed by atoms with Gasteiger partial charge in [0.05, 0.1) is 5.69 Å². The van der Waals surface area contributed by atoms with Crippen molar-refractivity contribution in [3.8, 4) is 6.07 Å². The van der Waals surface area contributed by atoms with E-state index in [0.717, 1.165) is 0 Å². The Morgan fingerprint density at radius 3 is 2.53 bits per heavy atom. The van der Waals surface area contributed by atoms with Crippen molar-refractivity contribution in [2.45, 2.75) is 24.9 Å². The quantitative estimate of drug-likeness (QED) is 0.824. The van der Waals surface area contributed by atoms with Crippen LogP contribution in [0.15, 0.2) is 0 Å². The van der Waals surface area contributed by atoms with Gasteiger partial charge in [-0.1, -0.05) is 0 Å². The number of halogens is 3. The van der Waals surface area contributed by atoms with E-state index in [1.807, 2.05) is 0 Å². The zero-order valence-corrected chi connectivity index (χ0v) is 8.84. The van der Waals surface area contributed by atoms with Crippen LogP contribution in [0.25, 0.3) is 0 Å². The van der Waals surface area contributed by atoms with E-state index in [-0.39, 0.29) is 17.2 Å². The van der Waals surface area contributed by atoms with Crippen molar-refractivity contribution in [3.63, 3.8) is 0 Å². The fourth-order valence-electron chi connectivity index (χ4n) is 1.96. The Kier molecular flexibility index (Phi) is 3.07. The lowest BCUT2D eigenvalue weighted by molar-refractivity contribution is -0.141. The Balaban J connectivity index is 2.36. The van der Waals surface area contributed by atoms with Crippen LogP contribution in [0.3, 0.4) is 0 Å². The SMILES string of the molecule is N#Cc1c(C(F)(F)F)n[nH]c1C1CCOCC1. The molecule has 17 heavy (non-hydrogen) atoms. The van der Waals surface area contributed by atoms with Gasteiger partial charge >= 0.3 is 6.18 Å². The number of nitrogens with zero attached hydrogens (tertiary/aromatic N) is 2. The van der Waals surface area contributed by atoms with Crippen LogP contribution in [0.4, 0.5) is 13.2 Å². The van der Waals surface area contributed by atoms with Crippen LogP contribution in [-0.2, 0) is 10.9 Å². The van der Waals surface area contributed by atoms with E-state index in [4.69, 9.17) is 10.00 Å². The summed E-state index contributed by atoms with van der Waals surface area (Å²) in [6.07, 6.45) is -3.38. The molecule has 2 heterocycles. The van der Waals surface area contributed by atoms with Crippen molar-refractivity contribution in [3.05, 3.63) is 17.0 Å². The molecule has 4 nitrogen and oxygen atoms in total. The predicted octanol–water partition coefficient (Wildman–Crippen LogP) is 2.19. The monoisotopic (exact) mass is 245 g/mol. The summed E-state index contributed by atoms with van der Waals surface area (Å²) in [4.78, 5) is 0. The van der Waals surface area contributed by atoms with Crippen molar-refractivity contribution in [2.24, 2.45) is 0 Å². The summed E-state index contributed by atoms with van der Waals surface area (Å²) < 4.78 is 42.8. The maximum atomic E-state index is 12.6. The zero-order valence-electron chi connectivity index (χ0n) is 8.84. The molecule has 1 aromatic heterocycles. The van der Waals surface area contributed by atoms with Gasteiger partial charge in [0.1, 0.15) is 11.6 Å². The van der Waals surface area contributed by atoms with E-state index in [1.165, 1.54) is 0 Å². The van der Waals surface area contributed by atoms with Gasteiger partial charge in [-0.2, -0.15) is 23.5 Å². The molecule has 0 spiro atoms. The number of nitriles is 1. The van der Waals surface area contributed by atoms with Crippen LogP contribution in [-0.4, -0.2) is 23.4 Å². The molecule has 1 aliphatic rings. The number of H-pyrrole nitrogens is 1. The fraction of sp³-hybridized carbons (Fsp3) is 0.600. The Labute approximate surface area is 95.4 Å². The molecule has 1 aliphatic heterocycles. The molecular formula is C10H10F3N3O. The third-order valence-electron chi connectivity index (χ3n) is 2.80. The maximum Gasteiger partial charge on any atom is 0.436 e. The number of nitrogens with one attached hydrogen (secondary N) is 1. The number of rotatable bonds is 1. The van der Waals surface area contributed by atoms with E-state index in [9.17, 15) is 13.2 Å². The van der Waals surface area contributed by atoms with Crippen LogP contribution in [0, 0.1) is 11.3 Å². The van der Waals surface area contributed by atoms with Crippen LogP contribution in [0.1, 0.15) is 35.7 Å². The first-order valence-corrected chi connectivity index (χ1v) is 5.17. The molecule has 7 heteroatoms. The molecular weight excluding hydrogens is 235 g/mol. The highest BCUT2D eigenvalue weighted by molar-refractivity contribution is 5.40. The van der Waals surface area contributed by atoms with Crippen molar-refractivity contribution >= 4 is 0 Å². The Bertz CT molecular complexity index is 441. The molecule has 0 bridgehead atoms. The van der Waals surface area contributed by atoms with Crippen LogP contribution >= 0.6 is 0 Å². The van der Waals surface area contributed by atoms with Gasteiger partial charge in [0, 0.05) is 19.1 Å². The minimum absolute atomic E-state index is 0.109. The Morgan fingerprint density at radius 2 is 2.00 bits per heavy atom. The third-order valence-corrected chi connectivity index (χ3v) is 2.80. The average Bonchev–Trinajstić information content (AvgIpc) is 2.73. The molecule has 92 valence electrons. The topological polar surface area (TPSA) is 61.7 Å². The van der Waals surface area contributed by atoms with Crippen molar-refractivity contribution in [1.29, 1.82) is 5.26 Å². The first-order valence-electron chi connectivity index (χ1n) is 5.17. The van der Waals surface area contributed by atoms with Gasteiger partial charge in [-0.15, -0.1) is 0 Å². The molecule has 0 atom stereocenters. The van der Waals surface area contributed by atoms with Gasteiger partial charge < -0.3 is 4.74 Å². The first kappa shape index (κ1) is 11.9. The molecule has 0 unspecified atom stereocenters. The fourth-order valence-corrected chi connectivity index (χ4v) is 1.96. The van der Waals surface area contributed by atoms with Crippen molar-refractivity contribution < 1.29 is 17.9 Å². The molecule has 2 rings (SSSR count). The molecule has 0 radical (unpaired) electrons. The highest BCUT2D eigenvalue weighted by Gasteiger charge is 2.39. The van der Waals surface area contributed by atoms with Gasteiger partial charge in [-0.25, -0.2) is 0 Å². The van der Waals surface area contributed by atoms with Crippen LogP contribution < -0.4 is 0 Å². The lowest BCUT2D eigenvalue weighted by Crippen LogP contribution is -2.15. The second-order valence-electron chi connectivity index (χ2n) is 3.86. The van der Waals surface area contributed by atoms with E-state index in [2.05, 4.69) is 10.2 Å². The minimum atomic E-state index is -4.59. The lowest BCUT2D eigenvalue weighted by atomic mass is 9.93. The second-order valence-corrected chi connectivity index (χ2v) is 3.86. The van der Waals surface area contributed by atoms with Gasteiger partial charge in [0.15, 0.2) is 5.69 Å². The molecule has 0 aliphatic carbocycles. The minimum Gasteiger partial charge on any atom is -0.381 e. The predicted molar refractivity (Wildman–Crippen MR) is 51.1 cm³/mol. The molecule has 0 amide bonds. The van der Waals surface area contributed by atoms with Gasteiger partial charge in [0.2, 0.25) is 0 Å². The number of hydrogen-bond acceptors (Lipinski definition) is 3. The summed E-state index contributed by atoms with van der Waals surface area (Å²) in [5, 5.41) is 14.4. The standard InChI is InChI=1S/C10H10F3N3O/c11-10(12,13)9-7(5-14)8(15-16-9)6-1-3-17-4-2-6/h6H,1-4H2,(H,15,16). The van der Waals surface area contributed by atoms with Gasteiger partial charge in [0.25, 0.3) is 0 Å². The van der Waals surface area contributed by atoms with Crippen LogP contribution in [0.2, 0.25) is 0 Å². The molecule has 0 aromatic carbocycles. The summed E-state index contributed by atoms with van der Waals surface area (Å²) in [5.74, 6) is -0.109. The average molecular weight is 245 g/mol. The number of aromatic nitrogens is 2. The molecule has 0 saturated carbocycles. The molecule has 1 saturated heterocycles. The number of aromatic amines is 1. The van der Waals surface area contributed by atoms with E-state index in [0.29, 0.717) is 26.1 Å². The van der Waals surface area contributed by atoms with Gasteiger partial charge in [-0.3, -0.25) is 5.10 Å². The van der Waals surface area contributed by atoms with Gasteiger partial charge in [-0.05, 0) is 12.8 Å². The summed E-state index contributed by atoms with van der Waals surface area (Å²) in [6, 6.07) is 1.59. The summed E-state index contributed by atoms with van der Waals surface area (Å²) >= 11 is 0. The van der Waals surface area contributed by atoms with E-state index in [1.54, 1.807) is 6.07 Å². The zero-order chi connectivity index (χ0) is 12.5. The van der Waals surface area contributed by atoms with Crippen molar-refractivity contribution in [2.75, 3.05) is 13.2 Å². The van der Waals surface area contributed by atoms with Crippen LogP contribution in [0.5, 0.6) is 0 Å². The normalized spacial score (nSPS) is 18.0. The summed E-state index contributed by atoms with van der Waals surface area (Å²) in [5.41, 5.74) is -1.23. The number of ether oxygens (including phenoxy) is 1. The largest absolute Gasteiger partial charge is 0.436 e. The number of hydrogen-bond donors (Lipinski definition) is 1. The maximum absolute atomic E-state index is 12.6. The third kappa shape index (κ3) is 2.26. The molecule has 1 aromatic rings. The van der Waals surface area contributed by atoms with Crippen molar-refractivity contribution in [1.82, 2.24) is 10.2 Å². The lowest BCUT2D eigenvalue weighted by Gasteiger charge is -2.20. The highest BCUT2D eigenvalue weighted by atomic mass is 19.4. The molecule has 1 N–H and O–H groups in total. The van der Waals surface area contributed by atoms with E-state index >= 15 is 0 Å². The smallest absolute Gasteiger partial charge is 0.381 e. The molecule has 1 fully saturated rings. The summed E-state index contributed by atoms with van der Waals surface area (Å²) in [7, 11) is 0. The first-order chi connectivity index (χ1) is 8.04.